The Bertz CT molecular complexity index is 674. The van der Waals surface area contributed by atoms with E-state index < -0.39 is 10.1 Å². The van der Waals surface area contributed by atoms with Gasteiger partial charge in [0.15, 0.2) is 11.3 Å². The van der Waals surface area contributed by atoms with Crippen molar-refractivity contribution < 1.29 is 21.8 Å². The van der Waals surface area contributed by atoms with Crippen LogP contribution in [-0.4, -0.2) is 21.3 Å². The summed E-state index contributed by atoms with van der Waals surface area (Å²) in [7, 11) is -2.09. The molecule has 2 rings (SSSR count). The minimum absolute atomic E-state index is 0.0722. The van der Waals surface area contributed by atoms with Gasteiger partial charge in [0.1, 0.15) is 0 Å². The molecule has 0 spiro atoms. The fourth-order valence-electron chi connectivity index (χ4n) is 1.43. The van der Waals surface area contributed by atoms with Gasteiger partial charge in [-0.25, -0.2) is 0 Å². The van der Waals surface area contributed by atoms with E-state index in [-0.39, 0.29) is 11.7 Å². The van der Waals surface area contributed by atoms with E-state index in [1.165, 1.54) is 20.1 Å². The molecule has 0 aliphatic heterocycles. The maximum atomic E-state index is 11.4. The first kappa shape index (κ1) is 13.2. The van der Waals surface area contributed by atoms with Crippen molar-refractivity contribution in [2.75, 3.05) is 12.9 Å². The summed E-state index contributed by atoms with van der Waals surface area (Å²) < 4.78 is 38.8. The average molecular weight is 335 g/mol. The van der Waals surface area contributed by atoms with Crippen LogP contribution in [0.5, 0.6) is 11.7 Å². The van der Waals surface area contributed by atoms with Crippen molar-refractivity contribution in [1.82, 2.24) is 0 Å². The first-order chi connectivity index (χ1) is 8.46. The molecule has 0 N–H and O–H groups in total. The Morgan fingerprint density at radius 1 is 1.39 bits per heavy atom. The second-order valence-electron chi connectivity index (χ2n) is 3.49. The van der Waals surface area contributed by atoms with Crippen molar-refractivity contribution in [3.63, 3.8) is 0 Å². The molecule has 5 nitrogen and oxygen atoms in total. The summed E-state index contributed by atoms with van der Waals surface area (Å²) in [6, 6.07) is 5.01. The number of hydrogen-bond donors (Lipinski definition) is 0. The highest BCUT2D eigenvalue weighted by atomic mass is 79.9. The highest BCUT2D eigenvalue weighted by Crippen LogP contribution is 2.37. The first-order valence-corrected chi connectivity index (χ1v) is 7.52. The molecule has 0 unspecified atom stereocenters. The zero-order valence-electron chi connectivity index (χ0n) is 9.77. The highest BCUT2D eigenvalue weighted by molar-refractivity contribution is 9.10. The van der Waals surface area contributed by atoms with Crippen LogP contribution in [0.3, 0.4) is 0 Å². The van der Waals surface area contributed by atoms with Crippen molar-refractivity contribution >= 4 is 37.0 Å². The predicted octanol–water partition coefficient (Wildman–Crippen LogP) is 2.93. The molecule has 0 amide bonds. The maximum Gasteiger partial charge on any atom is 0.311 e. The molecule has 0 saturated heterocycles. The average Bonchev–Trinajstić information content (AvgIpc) is 2.73. The third-order valence-electron chi connectivity index (χ3n) is 2.35. The number of ether oxygens (including phenoxy) is 1. The second-order valence-corrected chi connectivity index (χ2v) is 6.20. The van der Waals surface area contributed by atoms with Gasteiger partial charge in [-0.3, -0.25) is 0 Å². The third kappa shape index (κ3) is 2.46. The van der Waals surface area contributed by atoms with Crippen LogP contribution in [0.15, 0.2) is 27.1 Å². The predicted molar refractivity (Wildman–Crippen MR) is 70.6 cm³/mol. The van der Waals surface area contributed by atoms with Crippen molar-refractivity contribution in [2.24, 2.45) is 0 Å². The molecule has 1 heterocycles. The van der Waals surface area contributed by atoms with Crippen LogP contribution < -0.4 is 8.92 Å². The quantitative estimate of drug-likeness (QED) is 0.804. The molecule has 1 aromatic heterocycles. The van der Waals surface area contributed by atoms with Gasteiger partial charge in [-0.15, -0.1) is 0 Å². The Hall–Kier alpha value is -1.21. The van der Waals surface area contributed by atoms with Gasteiger partial charge < -0.3 is 13.3 Å². The summed E-state index contributed by atoms with van der Waals surface area (Å²) in [6.07, 6.45) is 0. The monoisotopic (exact) mass is 334 g/mol. The van der Waals surface area contributed by atoms with Gasteiger partial charge >= 0.3 is 16.1 Å². The van der Waals surface area contributed by atoms with Crippen molar-refractivity contribution in [3.05, 3.63) is 22.7 Å². The van der Waals surface area contributed by atoms with Gasteiger partial charge in [0.2, 0.25) is 0 Å². The molecule has 0 aliphatic rings. The fraction of sp³-hybridized carbons (Fsp3) is 0.273. The molecule has 7 heteroatoms. The van der Waals surface area contributed by atoms with Gasteiger partial charge in [-0.2, -0.15) is 8.42 Å². The minimum Gasteiger partial charge on any atom is -0.493 e. The van der Waals surface area contributed by atoms with Crippen molar-refractivity contribution in [3.8, 4) is 11.7 Å². The van der Waals surface area contributed by atoms with E-state index in [4.69, 9.17) is 13.3 Å². The fourth-order valence-corrected chi connectivity index (χ4v) is 2.31. The lowest BCUT2D eigenvalue weighted by Crippen LogP contribution is -2.10. The van der Waals surface area contributed by atoms with E-state index >= 15 is 0 Å². The van der Waals surface area contributed by atoms with E-state index in [1.807, 2.05) is 0 Å². The van der Waals surface area contributed by atoms with E-state index in [9.17, 15) is 8.42 Å². The normalized spacial score (nSPS) is 11.7. The van der Waals surface area contributed by atoms with Crippen molar-refractivity contribution in [2.45, 2.75) is 6.92 Å². The van der Waals surface area contributed by atoms with Crippen LogP contribution in [0.25, 0.3) is 11.0 Å². The molecular weight excluding hydrogens is 324 g/mol. The Labute approximate surface area is 113 Å². The summed E-state index contributed by atoms with van der Waals surface area (Å²) in [5.41, 5.74) is 0.438. The highest BCUT2D eigenvalue weighted by Gasteiger charge is 2.17. The van der Waals surface area contributed by atoms with Gasteiger partial charge in [0.25, 0.3) is 0 Å². The van der Waals surface area contributed by atoms with Gasteiger partial charge in [-0.1, -0.05) is 15.9 Å². The summed E-state index contributed by atoms with van der Waals surface area (Å²) >= 11 is 3.35. The second kappa shape index (κ2) is 4.81. The lowest BCUT2D eigenvalue weighted by Gasteiger charge is -2.01. The van der Waals surface area contributed by atoms with Crippen LogP contribution in [0.1, 0.15) is 6.92 Å². The Morgan fingerprint density at radius 3 is 2.72 bits per heavy atom. The van der Waals surface area contributed by atoms with Crippen molar-refractivity contribution in [1.29, 1.82) is 0 Å². The summed E-state index contributed by atoms with van der Waals surface area (Å²) in [6.45, 7) is 1.49. The zero-order chi connectivity index (χ0) is 13.3. The number of furan rings is 1. The molecule has 98 valence electrons. The van der Waals surface area contributed by atoms with Gasteiger partial charge in [-0.05, 0) is 19.1 Å². The molecule has 1 aromatic carbocycles. The van der Waals surface area contributed by atoms with Gasteiger partial charge in [0, 0.05) is 15.9 Å². The van der Waals surface area contributed by atoms with Crippen LogP contribution in [-0.2, 0) is 10.1 Å². The zero-order valence-corrected chi connectivity index (χ0v) is 12.2. The number of fused-ring (bicyclic) bond motifs is 1. The molecule has 0 bridgehead atoms. The third-order valence-corrected chi connectivity index (χ3v) is 4.17. The number of benzene rings is 1. The number of halogens is 1. The summed E-state index contributed by atoms with van der Waals surface area (Å²) in [5, 5.41) is 0.690. The van der Waals surface area contributed by atoms with Gasteiger partial charge in [0.05, 0.1) is 12.9 Å². The molecule has 2 aromatic rings. The van der Waals surface area contributed by atoms with E-state index in [0.29, 0.717) is 16.7 Å². The van der Waals surface area contributed by atoms with Crippen LogP contribution in [0.4, 0.5) is 0 Å². The minimum atomic E-state index is -3.60. The molecule has 0 saturated carbocycles. The Kier molecular flexibility index (Phi) is 3.54. The molecular formula is C11H11BrO5S. The number of methoxy groups -OCH3 is 1. The van der Waals surface area contributed by atoms with E-state index in [1.54, 1.807) is 12.1 Å². The van der Waals surface area contributed by atoms with E-state index in [0.717, 1.165) is 4.47 Å². The molecule has 0 atom stereocenters. The molecule has 18 heavy (non-hydrogen) atoms. The summed E-state index contributed by atoms with van der Waals surface area (Å²) in [5.74, 6) is 0.316. The smallest absolute Gasteiger partial charge is 0.311 e. The molecule has 0 aliphatic carbocycles. The molecule has 0 radical (unpaired) electrons. The molecule has 0 fully saturated rings. The Morgan fingerprint density at radius 2 is 2.11 bits per heavy atom. The Balaban J connectivity index is 2.53. The summed E-state index contributed by atoms with van der Waals surface area (Å²) in [4.78, 5) is 0. The SMILES string of the molecule is CCS(=O)(=O)Oc1cc2c(Br)ccc(OC)c2o1. The topological polar surface area (TPSA) is 65.7 Å². The van der Waals surface area contributed by atoms with Crippen LogP contribution in [0, 0.1) is 0 Å². The first-order valence-electron chi connectivity index (χ1n) is 5.15. The van der Waals surface area contributed by atoms with E-state index in [2.05, 4.69) is 15.9 Å². The van der Waals surface area contributed by atoms with Crippen LogP contribution >= 0.6 is 15.9 Å². The largest absolute Gasteiger partial charge is 0.493 e. The number of hydrogen-bond acceptors (Lipinski definition) is 5. The lowest BCUT2D eigenvalue weighted by molar-refractivity contribution is 0.380. The lowest BCUT2D eigenvalue weighted by atomic mass is 10.2. The number of rotatable bonds is 4. The maximum absolute atomic E-state index is 11.4. The standard InChI is InChI=1S/C11H11BrO5S/c1-3-18(13,14)17-10-6-7-8(12)4-5-9(15-2)11(7)16-10/h4-6H,3H2,1-2H3. The van der Waals surface area contributed by atoms with Crippen LogP contribution in [0.2, 0.25) is 0 Å².